The highest BCUT2D eigenvalue weighted by Gasteiger charge is 2.24. The smallest absolute Gasteiger partial charge is 0.264 e. The Balaban J connectivity index is 1.86. The number of hydrogen-bond acceptors (Lipinski definition) is 5. The van der Waals surface area contributed by atoms with E-state index < -0.39 is 0 Å². The van der Waals surface area contributed by atoms with Gasteiger partial charge in [0, 0.05) is 5.02 Å². The van der Waals surface area contributed by atoms with Crippen LogP contribution >= 0.6 is 23.4 Å². The first-order chi connectivity index (χ1) is 12.0. The number of aliphatic imine (C=N–C) groups is 1. The van der Waals surface area contributed by atoms with E-state index in [9.17, 15) is 9.90 Å². The number of carbonyl (C=O) groups excluding carboxylic acids is 1. The van der Waals surface area contributed by atoms with Crippen molar-refractivity contribution in [2.24, 2.45) is 4.99 Å². The molecule has 5 nitrogen and oxygen atoms in total. The fraction of sp³-hybridized carbons (Fsp3) is 0.111. The molecule has 1 heterocycles. The van der Waals surface area contributed by atoms with Crippen LogP contribution in [-0.2, 0) is 4.79 Å². The monoisotopic (exact) mass is 374 g/mol. The van der Waals surface area contributed by atoms with E-state index in [-0.39, 0.29) is 11.7 Å². The van der Waals surface area contributed by atoms with Crippen LogP contribution in [0.2, 0.25) is 5.02 Å². The zero-order chi connectivity index (χ0) is 18.0. The number of hydrogen-bond donors (Lipinski definition) is 2. The molecule has 7 heteroatoms. The average molecular weight is 375 g/mol. The lowest BCUT2D eigenvalue weighted by Gasteiger charge is -2.04. The molecule has 3 rings (SSSR count). The number of phenols is 1. The largest absolute Gasteiger partial charge is 0.504 e. The molecule has 0 saturated carbocycles. The van der Waals surface area contributed by atoms with Crippen LogP contribution in [0.25, 0.3) is 6.08 Å². The number of methoxy groups -OCH3 is 1. The Morgan fingerprint density at radius 2 is 2.08 bits per heavy atom. The van der Waals surface area contributed by atoms with Crippen LogP contribution in [0.5, 0.6) is 11.5 Å². The second kappa shape index (κ2) is 7.21. The molecule has 1 aliphatic heterocycles. The molecule has 0 radical (unpaired) electrons. The number of amides is 1. The predicted molar refractivity (Wildman–Crippen MR) is 102 cm³/mol. The highest BCUT2D eigenvalue weighted by atomic mass is 35.5. The number of rotatable bonds is 3. The summed E-state index contributed by atoms with van der Waals surface area (Å²) in [6, 6.07) is 10.3. The van der Waals surface area contributed by atoms with Gasteiger partial charge in [-0.15, -0.1) is 0 Å². The molecule has 0 atom stereocenters. The minimum absolute atomic E-state index is 0.0497. The third-order valence-corrected chi connectivity index (χ3v) is 4.68. The van der Waals surface area contributed by atoms with Gasteiger partial charge in [0.1, 0.15) is 0 Å². The summed E-state index contributed by atoms with van der Waals surface area (Å²) in [6.07, 6.45) is 1.72. The van der Waals surface area contributed by atoms with Gasteiger partial charge in [-0.3, -0.25) is 4.79 Å². The molecule has 0 aromatic heterocycles. The van der Waals surface area contributed by atoms with Crippen LogP contribution in [0.15, 0.2) is 46.3 Å². The minimum atomic E-state index is -0.220. The van der Waals surface area contributed by atoms with E-state index in [1.165, 1.54) is 24.9 Å². The first kappa shape index (κ1) is 17.4. The lowest BCUT2D eigenvalue weighted by molar-refractivity contribution is -0.115. The van der Waals surface area contributed by atoms with E-state index in [1.807, 2.05) is 19.1 Å². The van der Waals surface area contributed by atoms with Crippen LogP contribution in [0.1, 0.15) is 11.1 Å². The summed E-state index contributed by atoms with van der Waals surface area (Å²) in [5.74, 6) is 0.180. The number of benzene rings is 2. The Morgan fingerprint density at radius 1 is 1.28 bits per heavy atom. The Morgan fingerprint density at radius 3 is 2.80 bits per heavy atom. The molecule has 1 saturated heterocycles. The number of carbonyl (C=O) groups is 1. The number of ether oxygens (including phenoxy) is 1. The van der Waals surface area contributed by atoms with Gasteiger partial charge in [-0.05, 0) is 66.2 Å². The number of thioether (sulfide) groups is 1. The maximum atomic E-state index is 12.2. The molecule has 0 bridgehead atoms. The summed E-state index contributed by atoms with van der Waals surface area (Å²) in [5, 5.41) is 13.5. The summed E-state index contributed by atoms with van der Waals surface area (Å²) >= 11 is 7.20. The Labute approximate surface area is 154 Å². The molecule has 128 valence electrons. The van der Waals surface area contributed by atoms with E-state index in [4.69, 9.17) is 16.3 Å². The lowest BCUT2D eigenvalue weighted by Crippen LogP contribution is -2.19. The predicted octanol–water partition coefficient (Wildman–Crippen LogP) is 4.25. The van der Waals surface area contributed by atoms with Gasteiger partial charge in [0.25, 0.3) is 5.91 Å². The van der Waals surface area contributed by atoms with E-state index in [0.717, 1.165) is 16.8 Å². The van der Waals surface area contributed by atoms with Crippen molar-refractivity contribution >= 4 is 46.2 Å². The van der Waals surface area contributed by atoms with Crippen LogP contribution in [0, 0.1) is 6.92 Å². The highest BCUT2D eigenvalue weighted by Crippen LogP contribution is 2.32. The second-order valence-corrected chi connectivity index (χ2v) is 6.81. The van der Waals surface area contributed by atoms with Gasteiger partial charge in [-0.25, -0.2) is 4.99 Å². The summed E-state index contributed by atoms with van der Waals surface area (Å²) in [7, 11) is 1.47. The van der Waals surface area contributed by atoms with Gasteiger partial charge in [0.05, 0.1) is 17.7 Å². The maximum Gasteiger partial charge on any atom is 0.264 e. The molecule has 1 aliphatic rings. The van der Waals surface area contributed by atoms with Crippen LogP contribution < -0.4 is 10.1 Å². The van der Waals surface area contributed by atoms with Gasteiger partial charge < -0.3 is 15.2 Å². The van der Waals surface area contributed by atoms with Gasteiger partial charge in [-0.1, -0.05) is 17.7 Å². The summed E-state index contributed by atoms with van der Waals surface area (Å²) in [6.45, 7) is 1.91. The van der Waals surface area contributed by atoms with Crippen molar-refractivity contribution in [2.45, 2.75) is 6.92 Å². The van der Waals surface area contributed by atoms with Gasteiger partial charge in [0.15, 0.2) is 16.7 Å². The molecule has 0 aliphatic carbocycles. The van der Waals surface area contributed by atoms with Crippen molar-refractivity contribution < 1.29 is 14.6 Å². The summed E-state index contributed by atoms with van der Waals surface area (Å²) < 4.78 is 5.08. The molecule has 2 aromatic rings. The van der Waals surface area contributed by atoms with Gasteiger partial charge in [0.2, 0.25) is 0 Å². The molecule has 25 heavy (non-hydrogen) atoms. The van der Waals surface area contributed by atoms with E-state index >= 15 is 0 Å². The first-order valence-electron chi connectivity index (χ1n) is 7.39. The third-order valence-electron chi connectivity index (χ3n) is 3.53. The quantitative estimate of drug-likeness (QED) is 0.788. The number of halogens is 1. The number of nitrogens with zero attached hydrogens (tertiary/aromatic N) is 1. The number of amidine groups is 1. The number of phenolic OH excluding ortho intramolecular Hbond substituents is 1. The normalized spacial score (nSPS) is 17.2. The fourth-order valence-electron chi connectivity index (χ4n) is 2.27. The standard InChI is InChI=1S/C18H15ClN2O3S/c1-10-7-12(19)4-5-13(10)20-18-21-17(23)16(25-18)9-11-3-6-14(22)15(8-11)24-2/h3-9,22H,1-2H3,(H,20,21,23)/b16-9-. The molecule has 2 aromatic carbocycles. The van der Waals surface area contributed by atoms with Gasteiger partial charge >= 0.3 is 0 Å². The van der Waals surface area contributed by atoms with Crippen LogP contribution in [0.3, 0.4) is 0 Å². The number of aromatic hydroxyl groups is 1. The minimum Gasteiger partial charge on any atom is -0.504 e. The van der Waals surface area contributed by atoms with Crippen molar-refractivity contribution in [3.05, 3.63) is 57.5 Å². The maximum absolute atomic E-state index is 12.2. The van der Waals surface area contributed by atoms with Crippen molar-refractivity contribution in [2.75, 3.05) is 7.11 Å². The molecular weight excluding hydrogens is 360 g/mol. The van der Waals surface area contributed by atoms with Gasteiger partial charge in [-0.2, -0.15) is 0 Å². The molecular formula is C18H15ClN2O3S. The third kappa shape index (κ3) is 3.97. The number of aryl methyl sites for hydroxylation is 1. The van der Waals surface area contributed by atoms with Crippen molar-refractivity contribution in [3.63, 3.8) is 0 Å². The van der Waals surface area contributed by atoms with Crippen LogP contribution in [0.4, 0.5) is 5.69 Å². The van der Waals surface area contributed by atoms with E-state index in [0.29, 0.717) is 20.8 Å². The van der Waals surface area contributed by atoms with E-state index in [1.54, 1.807) is 24.3 Å². The fourth-order valence-corrected chi connectivity index (χ4v) is 3.33. The van der Waals surface area contributed by atoms with Crippen molar-refractivity contribution in [1.29, 1.82) is 0 Å². The van der Waals surface area contributed by atoms with Crippen LogP contribution in [-0.4, -0.2) is 23.3 Å². The molecule has 1 fully saturated rings. The van der Waals surface area contributed by atoms with Crippen molar-refractivity contribution in [1.82, 2.24) is 5.32 Å². The first-order valence-corrected chi connectivity index (χ1v) is 8.58. The molecule has 0 unspecified atom stereocenters. The number of nitrogens with one attached hydrogen (secondary N) is 1. The highest BCUT2D eigenvalue weighted by molar-refractivity contribution is 8.18. The SMILES string of the molecule is COc1cc(/C=C2\SC(=Nc3ccc(Cl)cc3C)NC2=O)ccc1O. The second-order valence-electron chi connectivity index (χ2n) is 5.34. The van der Waals surface area contributed by atoms with E-state index in [2.05, 4.69) is 10.3 Å². The summed E-state index contributed by atoms with van der Waals surface area (Å²) in [5.41, 5.74) is 2.42. The average Bonchev–Trinajstić information content (AvgIpc) is 2.91. The topological polar surface area (TPSA) is 70.9 Å². The molecule has 1 amide bonds. The zero-order valence-corrected chi connectivity index (χ0v) is 15.1. The molecule has 0 spiro atoms. The zero-order valence-electron chi connectivity index (χ0n) is 13.5. The Hall–Kier alpha value is -2.44. The molecule has 2 N–H and O–H groups in total. The lowest BCUT2D eigenvalue weighted by atomic mass is 10.2. The Kier molecular flexibility index (Phi) is 5.01. The Bertz CT molecular complexity index is 909. The summed E-state index contributed by atoms with van der Waals surface area (Å²) in [4.78, 5) is 17.1. The van der Waals surface area contributed by atoms with Crippen molar-refractivity contribution in [3.8, 4) is 11.5 Å².